The summed E-state index contributed by atoms with van der Waals surface area (Å²) in [6.07, 6.45) is 13.0. The van der Waals surface area contributed by atoms with Crippen molar-refractivity contribution in [1.82, 2.24) is 4.98 Å². The normalized spacial score (nSPS) is 12.0. The van der Waals surface area contributed by atoms with E-state index in [4.69, 9.17) is 0 Å². The Hall–Kier alpha value is -1.63. The van der Waals surface area contributed by atoms with Gasteiger partial charge < -0.3 is 0 Å². The van der Waals surface area contributed by atoms with Crippen LogP contribution in [0.1, 0.15) is 63.5 Å². The van der Waals surface area contributed by atoms with Crippen LogP contribution in [0.15, 0.2) is 42.1 Å². The molecule has 0 radical (unpaired) electrons. The van der Waals surface area contributed by atoms with Crippen LogP contribution in [-0.4, -0.2) is 4.98 Å². The number of aryl methyl sites for hydroxylation is 1. The molecule has 0 saturated heterocycles. The van der Waals surface area contributed by atoms with Crippen LogP contribution in [0, 0.1) is 6.92 Å². The fraction of sp³-hybridized carbons (Fsp3) is 0.476. The Morgan fingerprint density at radius 1 is 1.09 bits per heavy atom. The number of benzene rings is 1. The van der Waals surface area contributed by atoms with Crippen LogP contribution in [0.5, 0.6) is 0 Å². The first kappa shape index (κ1) is 16.7. The van der Waals surface area contributed by atoms with Crippen molar-refractivity contribution in [2.24, 2.45) is 0 Å². The zero-order valence-electron chi connectivity index (χ0n) is 14.4. The summed E-state index contributed by atoms with van der Waals surface area (Å²) in [4.78, 5) is 4.64. The molecule has 2 rings (SSSR count). The standard InChI is InChI=1S/C21H29N/c1-4-6-8-11-18(10-7-5-2)16-20-17(3)13-14-19-12-9-15-22-21(19)20/h9,11-15H,4-8,10,16H2,1-3H3/b18-11+. The topological polar surface area (TPSA) is 12.9 Å². The first-order valence-corrected chi connectivity index (χ1v) is 8.77. The van der Waals surface area contributed by atoms with Gasteiger partial charge in [-0.1, -0.05) is 63.0 Å². The molecule has 0 aliphatic carbocycles. The molecule has 0 N–H and O–H groups in total. The Labute approximate surface area is 135 Å². The number of aromatic nitrogens is 1. The summed E-state index contributed by atoms with van der Waals surface area (Å²) in [5.41, 5.74) is 5.55. The van der Waals surface area contributed by atoms with E-state index in [1.807, 2.05) is 12.3 Å². The van der Waals surface area contributed by atoms with Crippen LogP contribution in [0.25, 0.3) is 10.9 Å². The maximum atomic E-state index is 4.64. The molecule has 2 aromatic rings. The van der Waals surface area contributed by atoms with Gasteiger partial charge in [-0.25, -0.2) is 0 Å². The van der Waals surface area contributed by atoms with Crippen LogP contribution < -0.4 is 0 Å². The summed E-state index contributed by atoms with van der Waals surface area (Å²) in [6, 6.07) is 8.62. The molecule has 0 fully saturated rings. The second kappa shape index (κ2) is 8.73. The lowest BCUT2D eigenvalue weighted by Crippen LogP contribution is -1.98. The van der Waals surface area contributed by atoms with Gasteiger partial charge in [-0.3, -0.25) is 4.98 Å². The van der Waals surface area contributed by atoms with Gasteiger partial charge >= 0.3 is 0 Å². The highest BCUT2D eigenvalue weighted by Crippen LogP contribution is 2.25. The van der Waals surface area contributed by atoms with Gasteiger partial charge in [-0.15, -0.1) is 0 Å². The number of pyridine rings is 1. The minimum absolute atomic E-state index is 1.06. The molecule has 0 aliphatic heterocycles. The van der Waals surface area contributed by atoms with Crippen LogP contribution in [0.2, 0.25) is 0 Å². The number of allylic oxidation sites excluding steroid dienone is 2. The minimum atomic E-state index is 1.06. The first-order valence-electron chi connectivity index (χ1n) is 8.77. The van der Waals surface area contributed by atoms with Gasteiger partial charge in [0, 0.05) is 11.6 Å². The minimum Gasteiger partial charge on any atom is -0.256 e. The van der Waals surface area contributed by atoms with Gasteiger partial charge in [0.1, 0.15) is 0 Å². The molecule has 22 heavy (non-hydrogen) atoms. The van der Waals surface area contributed by atoms with Gasteiger partial charge in [0.15, 0.2) is 0 Å². The molecular weight excluding hydrogens is 266 g/mol. The Balaban J connectivity index is 2.28. The second-order valence-corrected chi connectivity index (χ2v) is 6.22. The van der Waals surface area contributed by atoms with E-state index in [-0.39, 0.29) is 0 Å². The lowest BCUT2D eigenvalue weighted by molar-refractivity contribution is 0.754. The first-order chi connectivity index (χ1) is 10.8. The molecular formula is C21H29N. The van der Waals surface area contributed by atoms with E-state index >= 15 is 0 Å². The maximum Gasteiger partial charge on any atom is 0.0739 e. The third-order valence-corrected chi connectivity index (χ3v) is 4.36. The van der Waals surface area contributed by atoms with Gasteiger partial charge in [0.25, 0.3) is 0 Å². The molecule has 1 heterocycles. The van der Waals surface area contributed by atoms with Crippen LogP contribution >= 0.6 is 0 Å². The lowest BCUT2D eigenvalue weighted by atomic mass is 9.94. The predicted molar refractivity (Wildman–Crippen MR) is 97.3 cm³/mol. The molecule has 0 amide bonds. The molecule has 0 saturated carbocycles. The van der Waals surface area contributed by atoms with Crippen molar-refractivity contribution < 1.29 is 0 Å². The zero-order chi connectivity index (χ0) is 15.8. The molecule has 0 bridgehead atoms. The number of unbranched alkanes of at least 4 members (excludes halogenated alkanes) is 3. The summed E-state index contributed by atoms with van der Waals surface area (Å²) in [7, 11) is 0. The SMILES string of the molecule is CCCC/C=C(\CCCC)Cc1c(C)ccc2cccnc12. The van der Waals surface area contributed by atoms with Gasteiger partial charge in [-0.05, 0) is 49.8 Å². The Morgan fingerprint density at radius 3 is 2.68 bits per heavy atom. The zero-order valence-corrected chi connectivity index (χ0v) is 14.4. The molecule has 0 unspecified atom stereocenters. The quantitative estimate of drug-likeness (QED) is 0.406. The number of hydrogen-bond acceptors (Lipinski definition) is 1. The molecule has 1 nitrogen and oxygen atoms in total. The molecule has 118 valence electrons. The third-order valence-electron chi connectivity index (χ3n) is 4.36. The second-order valence-electron chi connectivity index (χ2n) is 6.22. The van der Waals surface area contributed by atoms with Crippen molar-refractivity contribution in [3.63, 3.8) is 0 Å². The van der Waals surface area contributed by atoms with Crippen LogP contribution in [0.3, 0.4) is 0 Å². The fourth-order valence-corrected chi connectivity index (χ4v) is 2.93. The highest BCUT2D eigenvalue weighted by atomic mass is 14.6. The molecule has 0 spiro atoms. The summed E-state index contributed by atoms with van der Waals surface area (Å²) in [5, 5.41) is 1.26. The Kier molecular flexibility index (Phi) is 6.64. The third kappa shape index (κ3) is 4.43. The monoisotopic (exact) mass is 295 g/mol. The molecule has 1 heteroatoms. The van der Waals surface area contributed by atoms with E-state index in [2.05, 4.69) is 50.0 Å². The summed E-state index contributed by atoms with van der Waals surface area (Å²) < 4.78 is 0. The molecule has 0 atom stereocenters. The van der Waals surface area contributed by atoms with E-state index in [0.717, 1.165) is 6.42 Å². The van der Waals surface area contributed by atoms with E-state index in [9.17, 15) is 0 Å². The summed E-state index contributed by atoms with van der Waals surface area (Å²) >= 11 is 0. The van der Waals surface area contributed by atoms with Crippen LogP contribution in [0.4, 0.5) is 0 Å². The lowest BCUT2D eigenvalue weighted by Gasteiger charge is -2.13. The van der Waals surface area contributed by atoms with Crippen molar-refractivity contribution in [1.29, 1.82) is 0 Å². The van der Waals surface area contributed by atoms with Gasteiger partial charge in [0.2, 0.25) is 0 Å². The van der Waals surface area contributed by atoms with Crippen molar-refractivity contribution in [2.75, 3.05) is 0 Å². The van der Waals surface area contributed by atoms with E-state index < -0.39 is 0 Å². The molecule has 1 aromatic heterocycles. The van der Waals surface area contributed by atoms with Gasteiger partial charge in [0.05, 0.1) is 5.52 Å². The predicted octanol–water partition coefficient (Wildman–Crippen LogP) is 6.39. The van der Waals surface area contributed by atoms with Crippen molar-refractivity contribution in [3.8, 4) is 0 Å². The Bertz CT molecular complexity index is 625. The average molecular weight is 295 g/mol. The smallest absolute Gasteiger partial charge is 0.0739 e. The number of hydrogen-bond donors (Lipinski definition) is 0. The van der Waals surface area contributed by atoms with E-state index in [1.165, 1.54) is 60.6 Å². The Morgan fingerprint density at radius 2 is 1.91 bits per heavy atom. The molecule has 0 aliphatic rings. The van der Waals surface area contributed by atoms with Gasteiger partial charge in [-0.2, -0.15) is 0 Å². The summed E-state index contributed by atoms with van der Waals surface area (Å²) in [5.74, 6) is 0. The van der Waals surface area contributed by atoms with E-state index in [1.54, 1.807) is 5.57 Å². The highest BCUT2D eigenvalue weighted by Gasteiger charge is 2.08. The van der Waals surface area contributed by atoms with E-state index in [0.29, 0.717) is 0 Å². The maximum absolute atomic E-state index is 4.64. The average Bonchev–Trinajstić information content (AvgIpc) is 2.55. The molecule has 1 aromatic carbocycles. The summed E-state index contributed by atoms with van der Waals surface area (Å²) in [6.45, 7) is 6.75. The largest absolute Gasteiger partial charge is 0.256 e. The number of fused-ring (bicyclic) bond motifs is 1. The fourth-order valence-electron chi connectivity index (χ4n) is 2.93. The van der Waals surface area contributed by atoms with Crippen molar-refractivity contribution in [2.45, 2.75) is 65.7 Å². The number of rotatable bonds is 8. The van der Waals surface area contributed by atoms with Crippen molar-refractivity contribution in [3.05, 3.63) is 53.2 Å². The highest BCUT2D eigenvalue weighted by molar-refractivity contribution is 5.83. The van der Waals surface area contributed by atoms with Crippen molar-refractivity contribution >= 4 is 10.9 Å². The number of nitrogens with zero attached hydrogens (tertiary/aromatic N) is 1. The van der Waals surface area contributed by atoms with Crippen LogP contribution in [-0.2, 0) is 6.42 Å².